The summed E-state index contributed by atoms with van der Waals surface area (Å²) in [5.74, 6) is -0.0482. The van der Waals surface area contributed by atoms with E-state index in [9.17, 15) is 4.79 Å². The normalized spacial score (nSPS) is 16.8. The molecule has 3 rings (SSSR count). The molecule has 0 bridgehead atoms. The van der Waals surface area contributed by atoms with Gasteiger partial charge in [-0.15, -0.1) is 0 Å². The van der Waals surface area contributed by atoms with E-state index < -0.39 is 0 Å². The van der Waals surface area contributed by atoms with Gasteiger partial charge in [-0.05, 0) is 46.3 Å². The Labute approximate surface area is 141 Å². The van der Waals surface area contributed by atoms with Crippen LogP contribution in [0.25, 0.3) is 0 Å². The maximum Gasteiger partial charge on any atom is 0.251 e. The van der Waals surface area contributed by atoms with Crippen molar-refractivity contribution in [1.29, 1.82) is 0 Å². The summed E-state index contributed by atoms with van der Waals surface area (Å²) < 4.78 is 2.84. The van der Waals surface area contributed by atoms with Gasteiger partial charge >= 0.3 is 0 Å². The molecule has 1 amide bonds. The number of amides is 1. The van der Waals surface area contributed by atoms with Crippen LogP contribution >= 0.6 is 47.8 Å². The highest BCUT2D eigenvalue weighted by atomic mass is 79.9. The number of rotatable bonds is 2. The summed E-state index contributed by atoms with van der Waals surface area (Å²) >= 11 is 10.3. The van der Waals surface area contributed by atoms with Crippen LogP contribution in [0.1, 0.15) is 11.6 Å². The van der Waals surface area contributed by atoms with Gasteiger partial charge in [-0.3, -0.25) is 4.79 Å². The number of fused-ring (bicyclic) bond motifs is 1. The van der Waals surface area contributed by atoms with Crippen molar-refractivity contribution in [1.82, 2.24) is 0 Å². The number of hydrogen-bond donors (Lipinski definition) is 2. The summed E-state index contributed by atoms with van der Waals surface area (Å²) in [7, 11) is 0. The lowest BCUT2D eigenvalue weighted by atomic mass is 10.1. The zero-order chi connectivity index (χ0) is 14.3. The van der Waals surface area contributed by atoms with Crippen molar-refractivity contribution in [2.45, 2.75) is 6.04 Å². The molecule has 0 radical (unpaired) electrons. The van der Waals surface area contributed by atoms with Crippen LogP contribution in [-0.2, 0) is 4.79 Å². The zero-order valence-corrected chi connectivity index (χ0v) is 14.8. The van der Waals surface area contributed by atoms with Gasteiger partial charge in [0, 0.05) is 30.4 Å². The van der Waals surface area contributed by atoms with E-state index in [2.05, 4.69) is 58.4 Å². The fourth-order valence-corrected chi connectivity index (χ4v) is 3.66. The van der Waals surface area contributed by atoms with Crippen LogP contribution in [0, 0.1) is 0 Å². The van der Waals surface area contributed by atoms with Crippen LogP contribution in [0.5, 0.6) is 0 Å². The maximum absolute atomic E-state index is 12.1. The summed E-state index contributed by atoms with van der Waals surface area (Å²) in [6.45, 7) is 0. The molecule has 3 nitrogen and oxygen atoms in total. The molecule has 20 heavy (non-hydrogen) atoms. The molecule has 102 valence electrons. The lowest BCUT2D eigenvalue weighted by molar-refractivity contribution is -0.116. The molecule has 1 aliphatic heterocycles. The van der Waals surface area contributed by atoms with Gasteiger partial charge in [0.05, 0.1) is 0 Å². The van der Waals surface area contributed by atoms with Crippen molar-refractivity contribution >= 4 is 65.1 Å². The summed E-state index contributed by atoms with van der Waals surface area (Å²) in [6, 6.07) is 11.2. The number of carbonyl (C=O) groups is 1. The molecule has 2 aromatic rings. The molecule has 0 saturated heterocycles. The second-order valence-electron chi connectivity index (χ2n) is 4.42. The van der Waals surface area contributed by atoms with Crippen LogP contribution in [0.2, 0.25) is 0 Å². The quantitative estimate of drug-likeness (QED) is 0.656. The van der Waals surface area contributed by atoms with E-state index in [1.165, 1.54) is 0 Å². The van der Waals surface area contributed by atoms with Gasteiger partial charge < -0.3 is 10.6 Å². The first-order valence-corrected chi connectivity index (χ1v) is 8.24. The van der Waals surface area contributed by atoms with Crippen molar-refractivity contribution in [3.05, 3.63) is 55.4 Å². The third-order valence-electron chi connectivity index (χ3n) is 3.08. The number of carbonyl (C=O) groups excluding carboxylic acids is 1. The minimum absolute atomic E-state index is 0.0482. The molecular formula is C14H9Br3N2O. The minimum Gasteiger partial charge on any atom is -0.369 e. The summed E-state index contributed by atoms with van der Waals surface area (Å²) in [4.78, 5) is 12.1. The van der Waals surface area contributed by atoms with E-state index in [0.717, 1.165) is 30.4 Å². The van der Waals surface area contributed by atoms with Crippen LogP contribution in [0.15, 0.2) is 49.8 Å². The Morgan fingerprint density at radius 3 is 2.45 bits per heavy atom. The third-order valence-corrected chi connectivity index (χ3v) is 4.72. The van der Waals surface area contributed by atoms with Gasteiger partial charge in [-0.2, -0.15) is 0 Å². The predicted molar refractivity (Wildman–Crippen MR) is 91.0 cm³/mol. The lowest BCUT2D eigenvalue weighted by Crippen LogP contribution is -2.19. The van der Waals surface area contributed by atoms with Crippen LogP contribution in [0.3, 0.4) is 0 Å². The SMILES string of the molecule is O=C1Nc2cc(Br)ccc2C1Nc1ccc(Br)cc1Br. The largest absolute Gasteiger partial charge is 0.369 e. The summed E-state index contributed by atoms with van der Waals surface area (Å²) in [5.41, 5.74) is 2.67. The third kappa shape index (κ3) is 2.64. The van der Waals surface area contributed by atoms with E-state index in [0.29, 0.717) is 0 Å². The first-order chi connectivity index (χ1) is 9.54. The summed E-state index contributed by atoms with van der Waals surface area (Å²) in [5, 5.41) is 6.15. The Kier molecular flexibility index (Phi) is 3.88. The highest BCUT2D eigenvalue weighted by Crippen LogP contribution is 2.37. The van der Waals surface area contributed by atoms with Gasteiger partial charge in [0.25, 0.3) is 5.91 Å². The highest BCUT2D eigenvalue weighted by Gasteiger charge is 2.30. The van der Waals surface area contributed by atoms with Crippen molar-refractivity contribution in [3.8, 4) is 0 Å². The van der Waals surface area contributed by atoms with Crippen molar-refractivity contribution < 1.29 is 4.79 Å². The molecule has 1 unspecified atom stereocenters. The molecule has 0 saturated carbocycles. The fourth-order valence-electron chi connectivity index (χ4n) is 2.14. The van der Waals surface area contributed by atoms with Gasteiger partial charge in [-0.1, -0.05) is 37.9 Å². The van der Waals surface area contributed by atoms with Crippen molar-refractivity contribution in [2.24, 2.45) is 0 Å². The van der Waals surface area contributed by atoms with Gasteiger partial charge in [-0.25, -0.2) is 0 Å². The second-order valence-corrected chi connectivity index (χ2v) is 7.11. The molecule has 0 fully saturated rings. The van der Waals surface area contributed by atoms with Crippen LogP contribution < -0.4 is 10.6 Å². The number of anilines is 2. The smallest absolute Gasteiger partial charge is 0.251 e. The lowest BCUT2D eigenvalue weighted by Gasteiger charge is -2.14. The highest BCUT2D eigenvalue weighted by molar-refractivity contribution is 9.11. The molecule has 2 N–H and O–H groups in total. The molecule has 2 aromatic carbocycles. The predicted octanol–water partition coefficient (Wildman–Crippen LogP) is 5.08. The van der Waals surface area contributed by atoms with Gasteiger partial charge in [0.15, 0.2) is 0 Å². The Morgan fingerprint density at radius 2 is 1.70 bits per heavy atom. The molecule has 6 heteroatoms. The molecule has 0 spiro atoms. The Morgan fingerprint density at radius 1 is 1.00 bits per heavy atom. The molecule has 0 aliphatic carbocycles. The monoisotopic (exact) mass is 458 g/mol. The molecule has 1 heterocycles. The minimum atomic E-state index is -0.379. The molecule has 0 aromatic heterocycles. The Hall–Kier alpha value is -0.850. The number of halogens is 3. The molecule has 1 atom stereocenters. The van der Waals surface area contributed by atoms with Crippen LogP contribution in [0.4, 0.5) is 11.4 Å². The van der Waals surface area contributed by atoms with E-state index in [-0.39, 0.29) is 11.9 Å². The molecular weight excluding hydrogens is 452 g/mol. The Bertz CT molecular complexity index is 703. The van der Waals surface area contributed by atoms with E-state index in [4.69, 9.17) is 0 Å². The van der Waals surface area contributed by atoms with Gasteiger partial charge in [0.1, 0.15) is 6.04 Å². The van der Waals surface area contributed by atoms with E-state index in [1.54, 1.807) is 0 Å². The average Bonchev–Trinajstić information content (AvgIpc) is 2.68. The number of benzene rings is 2. The van der Waals surface area contributed by atoms with Crippen molar-refractivity contribution in [2.75, 3.05) is 10.6 Å². The van der Waals surface area contributed by atoms with Crippen LogP contribution in [-0.4, -0.2) is 5.91 Å². The maximum atomic E-state index is 12.1. The van der Waals surface area contributed by atoms with Gasteiger partial charge in [0.2, 0.25) is 0 Å². The van der Waals surface area contributed by atoms with E-state index in [1.807, 2.05) is 36.4 Å². The zero-order valence-electron chi connectivity index (χ0n) is 10.1. The summed E-state index contributed by atoms with van der Waals surface area (Å²) in [6.07, 6.45) is 0. The average molecular weight is 461 g/mol. The first-order valence-electron chi connectivity index (χ1n) is 5.86. The standard InChI is InChI=1S/C14H9Br3N2O/c15-7-2-4-11(10(17)5-7)18-13-9-3-1-8(16)6-12(9)19-14(13)20/h1-6,13,18H,(H,19,20). The van der Waals surface area contributed by atoms with E-state index >= 15 is 0 Å². The number of nitrogens with one attached hydrogen (secondary N) is 2. The first kappa shape index (κ1) is 14.1. The Balaban J connectivity index is 1.94. The molecule has 1 aliphatic rings. The van der Waals surface area contributed by atoms with Crippen molar-refractivity contribution in [3.63, 3.8) is 0 Å². The number of hydrogen-bond acceptors (Lipinski definition) is 2. The topological polar surface area (TPSA) is 41.1 Å². The second kappa shape index (κ2) is 5.50. The fraction of sp³-hybridized carbons (Fsp3) is 0.0714.